The Morgan fingerprint density at radius 3 is 3.00 bits per heavy atom. The maximum atomic E-state index is 10.9. The van der Waals surface area contributed by atoms with Crippen LogP contribution in [0.25, 0.3) is 0 Å². The molecule has 80 valence electrons. The van der Waals surface area contributed by atoms with Crippen molar-refractivity contribution in [2.75, 3.05) is 11.4 Å². The number of aromatic nitrogens is 2. The van der Waals surface area contributed by atoms with E-state index in [2.05, 4.69) is 9.97 Å². The molecule has 2 rings (SSSR count). The van der Waals surface area contributed by atoms with Crippen molar-refractivity contribution in [1.29, 1.82) is 0 Å². The highest BCUT2D eigenvalue weighted by Gasteiger charge is 2.36. The maximum absolute atomic E-state index is 10.9. The molecule has 1 aliphatic heterocycles. The Kier molecular flexibility index (Phi) is 2.51. The molecule has 1 aromatic heterocycles. The summed E-state index contributed by atoms with van der Waals surface area (Å²) in [6.45, 7) is 0.300. The second kappa shape index (κ2) is 3.82. The molecule has 1 aromatic rings. The maximum Gasteiger partial charge on any atom is 0.326 e. The Bertz CT molecular complexity index is 357. The summed E-state index contributed by atoms with van der Waals surface area (Å²) in [5, 5.41) is 18.4. The van der Waals surface area contributed by atoms with E-state index in [-0.39, 0.29) is 6.42 Å². The van der Waals surface area contributed by atoms with Crippen molar-refractivity contribution in [3.05, 3.63) is 18.6 Å². The number of carboxylic acids is 1. The number of rotatable bonds is 2. The number of aliphatic carboxylic acids is 1. The van der Waals surface area contributed by atoms with Gasteiger partial charge in [-0.3, -0.25) is 0 Å². The molecule has 1 saturated heterocycles. The van der Waals surface area contributed by atoms with Gasteiger partial charge >= 0.3 is 5.97 Å². The van der Waals surface area contributed by atoms with Crippen molar-refractivity contribution < 1.29 is 15.0 Å². The van der Waals surface area contributed by atoms with Gasteiger partial charge in [0, 0.05) is 19.2 Å². The molecule has 1 aliphatic rings. The molecule has 2 N–H and O–H groups in total. The first-order valence-electron chi connectivity index (χ1n) is 4.62. The van der Waals surface area contributed by atoms with E-state index in [9.17, 15) is 9.90 Å². The van der Waals surface area contributed by atoms with Gasteiger partial charge < -0.3 is 15.1 Å². The topological polar surface area (TPSA) is 86.5 Å². The molecule has 0 amide bonds. The van der Waals surface area contributed by atoms with Crippen LogP contribution in [0.5, 0.6) is 0 Å². The third kappa shape index (κ3) is 1.89. The lowest BCUT2D eigenvalue weighted by atomic mass is 10.2. The first-order chi connectivity index (χ1) is 7.18. The van der Waals surface area contributed by atoms with E-state index in [1.165, 1.54) is 6.33 Å². The fourth-order valence-electron chi connectivity index (χ4n) is 1.75. The minimum absolute atomic E-state index is 0.235. The highest BCUT2D eigenvalue weighted by Crippen LogP contribution is 2.23. The quantitative estimate of drug-likeness (QED) is 0.683. The van der Waals surface area contributed by atoms with Gasteiger partial charge in [0.2, 0.25) is 0 Å². The first-order valence-corrected chi connectivity index (χ1v) is 4.62. The van der Waals surface area contributed by atoms with Crippen molar-refractivity contribution in [3.63, 3.8) is 0 Å². The number of aliphatic hydroxyl groups is 1. The molecule has 6 nitrogen and oxygen atoms in total. The molecular formula is C9H11N3O3. The Labute approximate surface area is 86.2 Å². The Balaban J connectivity index is 2.24. The van der Waals surface area contributed by atoms with Crippen molar-refractivity contribution in [2.24, 2.45) is 0 Å². The van der Waals surface area contributed by atoms with Crippen LogP contribution < -0.4 is 4.90 Å². The van der Waals surface area contributed by atoms with Crippen molar-refractivity contribution in [2.45, 2.75) is 18.6 Å². The van der Waals surface area contributed by atoms with E-state index in [4.69, 9.17) is 5.11 Å². The summed E-state index contributed by atoms with van der Waals surface area (Å²) in [5.74, 6) is -0.404. The SMILES string of the molecule is O=C(O)[C@H]1C[C@@H](O)CN1c1ccncn1. The van der Waals surface area contributed by atoms with Gasteiger partial charge in [0.1, 0.15) is 18.2 Å². The molecule has 0 unspecified atom stereocenters. The Morgan fingerprint density at radius 1 is 1.60 bits per heavy atom. The second-order valence-corrected chi connectivity index (χ2v) is 3.46. The smallest absolute Gasteiger partial charge is 0.326 e. The van der Waals surface area contributed by atoms with Gasteiger partial charge in [-0.15, -0.1) is 0 Å². The minimum Gasteiger partial charge on any atom is -0.480 e. The van der Waals surface area contributed by atoms with E-state index >= 15 is 0 Å². The number of nitrogens with zero attached hydrogens (tertiary/aromatic N) is 3. The summed E-state index contributed by atoms with van der Waals surface area (Å²) >= 11 is 0. The van der Waals surface area contributed by atoms with Crippen molar-refractivity contribution in [1.82, 2.24) is 9.97 Å². The van der Waals surface area contributed by atoms with Gasteiger partial charge in [-0.05, 0) is 6.07 Å². The largest absolute Gasteiger partial charge is 0.480 e. The number of β-amino-alcohol motifs (C(OH)–C–C–N with tert-alkyl or cyclic N) is 1. The number of carboxylic acid groups (broad SMARTS) is 1. The highest BCUT2D eigenvalue weighted by atomic mass is 16.4. The normalized spacial score (nSPS) is 25.5. The third-order valence-corrected chi connectivity index (χ3v) is 2.42. The van der Waals surface area contributed by atoms with Crippen LogP contribution >= 0.6 is 0 Å². The van der Waals surface area contributed by atoms with Crippen molar-refractivity contribution >= 4 is 11.8 Å². The monoisotopic (exact) mass is 209 g/mol. The first kappa shape index (κ1) is 9.85. The van der Waals surface area contributed by atoms with Crippen LogP contribution in [-0.4, -0.2) is 44.8 Å². The molecule has 6 heteroatoms. The summed E-state index contributed by atoms with van der Waals surface area (Å²) in [5.41, 5.74) is 0. The van der Waals surface area contributed by atoms with Crippen LogP contribution in [-0.2, 0) is 4.79 Å². The molecule has 0 saturated carbocycles. The van der Waals surface area contributed by atoms with Gasteiger partial charge in [0.25, 0.3) is 0 Å². The van der Waals surface area contributed by atoms with Gasteiger partial charge in [-0.25, -0.2) is 14.8 Å². The fraction of sp³-hybridized carbons (Fsp3) is 0.444. The van der Waals surface area contributed by atoms with E-state index < -0.39 is 18.1 Å². The van der Waals surface area contributed by atoms with E-state index in [0.29, 0.717) is 12.4 Å². The standard InChI is InChI=1S/C9H11N3O3/c13-6-3-7(9(14)15)12(4-6)8-1-2-10-5-11-8/h1-2,5-7,13H,3-4H2,(H,14,15)/t6-,7-/m1/s1. The summed E-state index contributed by atoms with van der Waals surface area (Å²) in [4.78, 5) is 20.2. The Morgan fingerprint density at radius 2 is 2.40 bits per heavy atom. The molecule has 0 bridgehead atoms. The summed E-state index contributed by atoms with van der Waals surface area (Å²) in [7, 11) is 0. The number of hydrogen-bond acceptors (Lipinski definition) is 5. The second-order valence-electron chi connectivity index (χ2n) is 3.46. The number of anilines is 1. The van der Waals surface area contributed by atoms with Gasteiger partial charge in [-0.1, -0.05) is 0 Å². The average molecular weight is 209 g/mol. The molecule has 1 fully saturated rings. The number of carbonyl (C=O) groups is 1. The highest BCUT2D eigenvalue weighted by molar-refractivity contribution is 5.78. The zero-order valence-corrected chi connectivity index (χ0v) is 7.95. The van der Waals surface area contributed by atoms with Crippen LogP contribution in [0.1, 0.15) is 6.42 Å². The van der Waals surface area contributed by atoms with Crippen LogP contribution in [0, 0.1) is 0 Å². The van der Waals surface area contributed by atoms with E-state index in [0.717, 1.165) is 0 Å². The average Bonchev–Trinajstić information content (AvgIpc) is 2.62. The molecular weight excluding hydrogens is 198 g/mol. The fourth-order valence-corrected chi connectivity index (χ4v) is 1.75. The van der Waals surface area contributed by atoms with Gasteiger partial charge in [-0.2, -0.15) is 0 Å². The predicted molar refractivity (Wildman–Crippen MR) is 51.4 cm³/mol. The molecule has 2 heterocycles. The molecule has 0 aliphatic carbocycles. The molecule has 0 aromatic carbocycles. The van der Waals surface area contributed by atoms with Crippen LogP contribution in [0.4, 0.5) is 5.82 Å². The third-order valence-electron chi connectivity index (χ3n) is 2.42. The summed E-state index contributed by atoms with van der Waals surface area (Å²) < 4.78 is 0. The van der Waals surface area contributed by atoms with Crippen LogP contribution in [0.3, 0.4) is 0 Å². The molecule has 0 radical (unpaired) electrons. The summed E-state index contributed by atoms with van der Waals surface area (Å²) in [6, 6.07) is 0.934. The van der Waals surface area contributed by atoms with Crippen LogP contribution in [0.15, 0.2) is 18.6 Å². The lowest BCUT2D eigenvalue weighted by Gasteiger charge is -2.21. The minimum atomic E-state index is -0.940. The predicted octanol–water partition coefficient (Wildman–Crippen LogP) is -0.499. The van der Waals surface area contributed by atoms with E-state index in [1.54, 1.807) is 17.2 Å². The zero-order valence-electron chi connectivity index (χ0n) is 7.95. The lowest BCUT2D eigenvalue weighted by molar-refractivity contribution is -0.138. The lowest BCUT2D eigenvalue weighted by Crippen LogP contribution is -2.36. The van der Waals surface area contributed by atoms with Crippen LogP contribution in [0.2, 0.25) is 0 Å². The van der Waals surface area contributed by atoms with Crippen molar-refractivity contribution in [3.8, 4) is 0 Å². The zero-order chi connectivity index (χ0) is 10.8. The number of aliphatic hydroxyl groups excluding tert-OH is 1. The van der Waals surface area contributed by atoms with Gasteiger partial charge in [0.05, 0.1) is 6.10 Å². The number of hydrogen-bond donors (Lipinski definition) is 2. The Hall–Kier alpha value is -1.69. The van der Waals surface area contributed by atoms with E-state index in [1.807, 2.05) is 0 Å². The summed E-state index contributed by atoms with van der Waals surface area (Å²) in [6.07, 6.45) is 2.53. The molecule has 0 spiro atoms. The molecule has 2 atom stereocenters. The molecule has 15 heavy (non-hydrogen) atoms. The van der Waals surface area contributed by atoms with Gasteiger partial charge in [0.15, 0.2) is 0 Å².